The van der Waals surface area contributed by atoms with E-state index in [0.29, 0.717) is 12.2 Å². The normalized spacial score (nSPS) is 18.3. The van der Waals surface area contributed by atoms with Gasteiger partial charge in [-0.15, -0.1) is 0 Å². The predicted molar refractivity (Wildman–Crippen MR) is 182 cm³/mol. The molecule has 0 saturated carbocycles. The van der Waals surface area contributed by atoms with Crippen LogP contribution in [0.4, 0.5) is 4.79 Å². The van der Waals surface area contributed by atoms with Crippen molar-refractivity contribution in [2.24, 2.45) is 5.92 Å². The smallest absolute Gasteiger partial charge is 0.412 e. The first kappa shape index (κ1) is 35.5. The molecular weight excluding hydrogens is 600 g/mol. The van der Waals surface area contributed by atoms with Crippen LogP contribution in [0.2, 0.25) is 0 Å². The molecule has 46 heavy (non-hydrogen) atoms. The molecule has 0 N–H and O–H groups in total. The molecule has 3 aromatic rings. The molecule has 1 saturated heterocycles. The topological polar surface area (TPSA) is 85.4 Å². The average molecular weight is 651 g/mol. The van der Waals surface area contributed by atoms with Crippen molar-refractivity contribution >= 4 is 16.1 Å². The summed E-state index contributed by atoms with van der Waals surface area (Å²) in [6.45, 7) is 17.7. The quantitative estimate of drug-likeness (QED) is 0.225. The fourth-order valence-electron chi connectivity index (χ4n) is 6.16. The first-order chi connectivity index (χ1) is 21.4. The molecule has 0 unspecified atom stereocenters. The molecule has 2 atom stereocenters. The van der Waals surface area contributed by atoms with Crippen LogP contribution in [-0.2, 0) is 25.9 Å². The van der Waals surface area contributed by atoms with Gasteiger partial charge in [0.2, 0.25) is 10.0 Å². The highest BCUT2D eigenvalue weighted by molar-refractivity contribution is 7.89. The highest BCUT2D eigenvalue weighted by Gasteiger charge is 2.52. The van der Waals surface area contributed by atoms with Gasteiger partial charge in [-0.25, -0.2) is 13.2 Å². The Hall–Kier alpha value is -3.40. The largest absolute Gasteiger partial charge is 0.497 e. The van der Waals surface area contributed by atoms with E-state index in [1.54, 1.807) is 36.3 Å². The number of nitrogens with zero attached hydrogens (tertiary/aromatic N) is 2. The minimum absolute atomic E-state index is 0.0531. The monoisotopic (exact) mass is 650 g/mol. The predicted octanol–water partition coefficient (Wildman–Crippen LogP) is 7.61. The van der Waals surface area contributed by atoms with Gasteiger partial charge in [0, 0.05) is 13.1 Å². The maximum atomic E-state index is 14.1. The number of ether oxygens (including phenoxy) is 3. The van der Waals surface area contributed by atoms with Gasteiger partial charge >= 0.3 is 6.09 Å². The summed E-state index contributed by atoms with van der Waals surface area (Å²) in [6.07, 6.45) is -0.674. The first-order valence-electron chi connectivity index (χ1n) is 15.9. The third-order valence-electron chi connectivity index (χ3n) is 7.95. The zero-order valence-corrected chi connectivity index (χ0v) is 29.8. The maximum absolute atomic E-state index is 14.1. The van der Waals surface area contributed by atoms with E-state index in [9.17, 15) is 13.2 Å². The number of sulfonamides is 1. The van der Waals surface area contributed by atoms with E-state index in [1.165, 1.54) is 15.4 Å². The summed E-state index contributed by atoms with van der Waals surface area (Å²) in [4.78, 5) is 15.6. The van der Waals surface area contributed by atoms with E-state index in [-0.39, 0.29) is 23.9 Å². The van der Waals surface area contributed by atoms with Crippen molar-refractivity contribution in [3.63, 3.8) is 0 Å². The summed E-state index contributed by atoms with van der Waals surface area (Å²) in [7, 11) is -2.35. The summed E-state index contributed by atoms with van der Waals surface area (Å²) < 4.78 is 47.4. The van der Waals surface area contributed by atoms with Gasteiger partial charge in [0.05, 0.1) is 24.2 Å². The summed E-state index contributed by atoms with van der Waals surface area (Å²) in [5, 5.41) is 0. The van der Waals surface area contributed by atoms with Gasteiger partial charge in [-0.3, -0.25) is 4.90 Å². The highest BCUT2D eigenvalue weighted by Crippen LogP contribution is 2.37. The van der Waals surface area contributed by atoms with Gasteiger partial charge in [-0.1, -0.05) is 67.4 Å². The summed E-state index contributed by atoms with van der Waals surface area (Å²) in [5.74, 6) is 0.628. The van der Waals surface area contributed by atoms with Gasteiger partial charge in [0.15, 0.2) is 0 Å². The molecule has 0 aliphatic carbocycles. The molecule has 8 nitrogen and oxygen atoms in total. The Labute approximate surface area is 275 Å². The van der Waals surface area contributed by atoms with Crippen LogP contribution in [0.15, 0.2) is 71.6 Å². The van der Waals surface area contributed by atoms with Crippen molar-refractivity contribution in [2.45, 2.75) is 97.1 Å². The molecule has 0 radical (unpaired) electrons. The molecule has 1 fully saturated rings. The zero-order valence-electron chi connectivity index (χ0n) is 29.0. The third-order valence-corrected chi connectivity index (χ3v) is 9.79. The van der Waals surface area contributed by atoms with Gasteiger partial charge < -0.3 is 14.2 Å². The summed E-state index contributed by atoms with van der Waals surface area (Å²) >= 11 is 0. The Balaban J connectivity index is 1.75. The number of aryl methyl sites for hydroxylation is 2. The van der Waals surface area contributed by atoms with Crippen molar-refractivity contribution in [2.75, 3.05) is 20.2 Å². The molecule has 0 spiro atoms. The van der Waals surface area contributed by atoms with Crippen LogP contribution in [-0.4, -0.2) is 67.4 Å². The lowest BCUT2D eigenvalue weighted by molar-refractivity contribution is -0.0806. The SMILES string of the molecule is COc1ccc(S(=O)(=O)N(CC(C)C)C[C@@H]2OC(C)(C)N(C(=O)OC(C)(C)C)[C@H]2Cc2cccc(-c3cc(C)cc(C)c3)c2)cc1. The average Bonchev–Trinajstić information content (AvgIpc) is 3.19. The minimum atomic E-state index is -3.90. The Morgan fingerprint density at radius 1 is 0.978 bits per heavy atom. The van der Waals surface area contributed by atoms with Crippen LogP contribution in [0.5, 0.6) is 5.75 Å². The molecule has 3 aromatic carbocycles. The fraction of sp³-hybridized carbons (Fsp3) is 0.486. The first-order valence-corrected chi connectivity index (χ1v) is 17.4. The lowest BCUT2D eigenvalue weighted by Crippen LogP contribution is -2.52. The van der Waals surface area contributed by atoms with Crippen LogP contribution in [0.1, 0.15) is 65.2 Å². The molecule has 0 bridgehead atoms. The molecule has 250 valence electrons. The van der Waals surface area contributed by atoms with E-state index < -0.39 is 39.6 Å². The highest BCUT2D eigenvalue weighted by atomic mass is 32.2. The second kappa shape index (κ2) is 13.8. The molecule has 1 aliphatic heterocycles. The van der Waals surface area contributed by atoms with Gasteiger partial charge in [-0.2, -0.15) is 4.31 Å². The van der Waals surface area contributed by atoms with Crippen LogP contribution in [0.25, 0.3) is 11.1 Å². The number of amides is 1. The second-order valence-electron chi connectivity index (χ2n) is 14.2. The van der Waals surface area contributed by atoms with Crippen molar-refractivity contribution in [1.29, 1.82) is 0 Å². The van der Waals surface area contributed by atoms with E-state index in [2.05, 4.69) is 44.2 Å². The van der Waals surface area contributed by atoms with Crippen LogP contribution in [0.3, 0.4) is 0 Å². The molecule has 1 amide bonds. The number of hydrogen-bond acceptors (Lipinski definition) is 6. The van der Waals surface area contributed by atoms with E-state index >= 15 is 0 Å². The lowest BCUT2D eigenvalue weighted by atomic mass is 9.95. The van der Waals surface area contributed by atoms with E-state index in [4.69, 9.17) is 14.2 Å². The van der Waals surface area contributed by atoms with E-state index in [0.717, 1.165) is 16.7 Å². The standard InChI is InChI=1S/C37H50N2O6S/c1-25(2)23-38(46(41,42)32-16-14-31(43-10)15-17-32)24-34-33(39(37(8,9)44-34)35(40)45-36(5,6)7)22-28-12-11-13-29(21-28)30-19-26(3)18-27(4)20-30/h11-21,25,33-34H,22-24H2,1-10H3/t33-,34-/m0/s1. The summed E-state index contributed by atoms with van der Waals surface area (Å²) in [6, 6.07) is 20.7. The fourth-order valence-corrected chi connectivity index (χ4v) is 7.77. The third kappa shape index (κ3) is 8.49. The van der Waals surface area contributed by atoms with E-state index in [1.807, 2.05) is 60.6 Å². The van der Waals surface area contributed by atoms with Gasteiger partial charge in [0.1, 0.15) is 17.1 Å². The number of benzene rings is 3. The molecular formula is C37H50N2O6S. The van der Waals surface area contributed by atoms with Gasteiger partial charge in [-0.05, 0) is 102 Å². The molecule has 9 heteroatoms. The van der Waals surface area contributed by atoms with Crippen molar-refractivity contribution in [3.05, 3.63) is 83.4 Å². The number of methoxy groups -OCH3 is 1. The Kier molecular flexibility index (Phi) is 10.6. The van der Waals surface area contributed by atoms with Crippen molar-refractivity contribution in [3.8, 4) is 16.9 Å². The number of carbonyl (C=O) groups excluding carboxylic acids is 1. The number of rotatable bonds is 10. The van der Waals surface area contributed by atoms with Gasteiger partial charge in [0.25, 0.3) is 0 Å². The van der Waals surface area contributed by atoms with Crippen LogP contribution >= 0.6 is 0 Å². The molecule has 1 heterocycles. The lowest BCUT2D eigenvalue weighted by Gasteiger charge is -2.35. The Morgan fingerprint density at radius 2 is 1.61 bits per heavy atom. The maximum Gasteiger partial charge on any atom is 0.412 e. The minimum Gasteiger partial charge on any atom is -0.497 e. The second-order valence-corrected chi connectivity index (χ2v) is 16.1. The van der Waals surface area contributed by atoms with Crippen molar-refractivity contribution < 1.29 is 27.4 Å². The number of hydrogen-bond donors (Lipinski definition) is 0. The Morgan fingerprint density at radius 3 is 2.17 bits per heavy atom. The summed E-state index contributed by atoms with van der Waals surface area (Å²) in [5.41, 5.74) is 3.81. The molecule has 1 aliphatic rings. The number of carbonyl (C=O) groups is 1. The van der Waals surface area contributed by atoms with Crippen LogP contribution < -0.4 is 4.74 Å². The van der Waals surface area contributed by atoms with Crippen molar-refractivity contribution in [1.82, 2.24) is 9.21 Å². The molecule has 0 aromatic heterocycles. The zero-order chi connectivity index (χ0) is 34.0. The Bertz CT molecular complexity index is 1610. The van der Waals surface area contributed by atoms with Crippen LogP contribution in [0, 0.1) is 19.8 Å². The molecule has 4 rings (SSSR count).